The van der Waals surface area contributed by atoms with Gasteiger partial charge in [0, 0.05) is 19.1 Å². The lowest BCUT2D eigenvalue weighted by atomic mass is 9.98. The summed E-state index contributed by atoms with van der Waals surface area (Å²) < 4.78 is 0. The van der Waals surface area contributed by atoms with Gasteiger partial charge in [-0.05, 0) is 29.9 Å². The van der Waals surface area contributed by atoms with Crippen LogP contribution in [-0.4, -0.2) is 19.1 Å². The van der Waals surface area contributed by atoms with Gasteiger partial charge < -0.3 is 11.1 Å². The number of hydrogen-bond acceptors (Lipinski definition) is 2. The maximum absolute atomic E-state index is 5.52. The molecule has 17 heavy (non-hydrogen) atoms. The molecule has 1 atom stereocenters. The van der Waals surface area contributed by atoms with Crippen molar-refractivity contribution in [3.05, 3.63) is 35.4 Å². The highest BCUT2D eigenvalue weighted by molar-refractivity contribution is 5.25. The lowest BCUT2D eigenvalue weighted by molar-refractivity contribution is 0.501. The molecule has 1 aromatic rings. The van der Waals surface area contributed by atoms with Crippen LogP contribution in [0.15, 0.2) is 24.3 Å². The molecule has 0 aliphatic heterocycles. The number of nitrogens with one attached hydrogen (secondary N) is 1. The number of nitrogens with two attached hydrogens (primary N) is 1. The molecule has 0 aromatic heterocycles. The molecule has 0 radical (unpaired) electrons. The Hall–Kier alpha value is -0.860. The van der Waals surface area contributed by atoms with E-state index in [1.165, 1.54) is 11.1 Å². The first kappa shape index (κ1) is 14.2. The number of hydrogen-bond donors (Lipinski definition) is 2. The molecule has 0 aliphatic carbocycles. The fourth-order valence-electron chi connectivity index (χ4n) is 1.97. The molecule has 0 bridgehead atoms. The van der Waals surface area contributed by atoms with Gasteiger partial charge in [0.05, 0.1) is 0 Å². The van der Waals surface area contributed by atoms with Crippen LogP contribution in [0.3, 0.4) is 0 Å². The summed E-state index contributed by atoms with van der Waals surface area (Å²) in [6.45, 7) is 8.29. The van der Waals surface area contributed by atoms with Crippen molar-refractivity contribution in [3.8, 4) is 0 Å². The Morgan fingerprint density at radius 2 is 1.82 bits per heavy atom. The highest BCUT2D eigenvalue weighted by Crippen LogP contribution is 2.15. The molecular formula is C15H26N2. The molecule has 2 nitrogen and oxygen atoms in total. The molecule has 96 valence electrons. The van der Waals surface area contributed by atoms with Gasteiger partial charge in [0.1, 0.15) is 0 Å². The van der Waals surface area contributed by atoms with Crippen LogP contribution in [0, 0.1) is 0 Å². The third-order valence-corrected chi connectivity index (χ3v) is 3.20. The molecule has 1 unspecified atom stereocenters. The average Bonchev–Trinajstić information content (AvgIpc) is 2.35. The minimum Gasteiger partial charge on any atom is -0.329 e. The first-order valence-corrected chi connectivity index (χ1v) is 6.69. The summed E-state index contributed by atoms with van der Waals surface area (Å²) >= 11 is 0. The van der Waals surface area contributed by atoms with Gasteiger partial charge in [-0.15, -0.1) is 0 Å². The number of rotatable bonds is 7. The third kappa shape index (κ3) is 4.88. The third-order valence-electron chi connectivity index (χ3n) is 3.20. The highest BCUT2D eigenvalue weighted by atomic mass is 14.9. The Kier molecular flexibility index (Phi) is 6.23. The Labute approximate surface area is 106 Å². The molecule has 0 fully saturated rings. The summed E-state index contributed by atoms with van der Waals surface area (Å²) in [7, 11) is 0. The van der Waals surface area contributed by atoms with Crippen molar-refractivity contribution < 1.29 is 0 Å². The van der Waals surface area contributed by atoms with Gasteiger partial charge in [-0.1, -0.05) is 45.0 Å². The minimum atomic E-state index is 0.545. The zero-order valence-corrected chi connectivity index (χ0v) is 11.4. The van der Waals surface area contributed by atoms with E-state index < -0.39 is 0 Å². The van der Waals surface area contributed by atoms with Crippen LogP contribution in [0.4, 0.5) is 0 Å². The molecular weight excluding hydrogens is 208 g/mol. The van der Waals surface area contributed by atoms with E-state index in [0.29, 0.717) is 18.5 Å². The van der Waals surface area contributed by atoms with Crippen molar-refractivity contribution in [1.82, 2.24) is 5.32 Å². The lowest BCUT2D eigenvalue weighted by Gasteiger charge is -2.17. The molecule has 0 saturated carbocycles. The minimum absolute atomic E-state index is 0.545. The van der Waals surface area contributed by atoms with Crippen LogP contribution in [-0.2, 0) is 6.42 Å². The Morgan fingerprint density at radius 1 is 1.18 bits per heavy atom. The predicted octanol–water partition coefficient (Wildman–Crippen LogP) is 2.68. The molecule has 1 rings (SSSR count). The van der Waals surface area contributed by atoms with Crippen molar-refractivity contribution in [3.63, 3.8) is 0 Å². The van der Waals surface area contributed by atoms with Gasteiger partial charge in [-0.2, -0.15) is 0 Å². The zero-order chi connectivity index (χ0) is 12.7. The van der Waals surface area contributed by atoms with Gasteiger partial charge in [-0.25, -0.2) is 0 Å². The maximum Gasteiger partial charge on any atom is 0.0105 e. The van der Waals surface area contributed by atoms with Gasteiger partial charge >= 0.3 is 0 Å². The SMILES string of the molecule is CCC(Cc1ccc(C(C)C)cc1)NCCN. The topological polar surface area (TPSA) is 38.0 Å². The van der Waals surface area contributed by atoms with Gasteiger partial charge in [-0.3, -0.25) is 0 Å². The van der Waals surface area contributed by atoms with Crippen LogP contribution in [0.1, 0.15) is 44.2 Å². The molecule has 2 heteroatoms. The summed E-state index contributed by atoms with van der Waals surface area (Å²) in [5.74, 6) is 0.612. The second-order valence-electron chi connectivity index (χ2n) is 4.95. The largest absolute Gasteiger partial charge is 0.329 e. The smallest absolute Gasteiger partial charge is 0.0105 e. The second-order valence-corrected chi connectivity index (χ2v) is 4.95. The fraction of sp³-hybridized carbons (Fsp3) is 0.600. The lowest BCUT2D eigenvalue weighted by Crippen LogP contribution is -2.34. The van der Waals surface area contributed by atoms with Crippen molar-refractivity contribution in [1.29, 1.82) is 0 Å². The Balaban J connectivity index is 2.54. The van der Waals surface area contributed by atoms with E-state index in [-0.39, 0.29) is 0 Å². The molecule has 0 amide bonds. The van der Waals surface area contributed by atoms with E-state index in [2.05, 4.69) is 50.4 Å². The van der Waals surface area contributed by atoms with Crippen molar-refractivity contribution >= 4 is 0 Å². The fourth-order valence-corrected chi connectivity index (χ4v) is 1.97. The van der Waals surface area contributed by atoms with Crippen LogP contribution in [0.5, 0.6) is 0 Å². The standard InChI is InChI=1S/C15H26N2/c1-4-15(17-10-9-16)11-13-5-7-14(8-6-13)12(2)3/h5-8,12,15,17H,4,9-11,16H2,1-3H3. The normalized spacial score (nSPS) is 13.0. The van der Waals surface area contributed by atoms with Gasteiger partial charge in [0.15, 0.2) is 0 Å². The van der Waals surface area contributed by atoms with Crippen molar-refractivity contribution in [2.75, 3.05) is 13.1 Å². The summed E-state index contributed by atoms with van der Waals surface area (Å²) in [6, 6.07) is 9.54. The number of benzene rings is 1. The summed E-state index contributed by atoms with van der Waals surface area (Å²) in [5.41, 5.74) is 8.34. The molecule has 0 spiro atoms. The summed E-state index contributed by atoms with van der Waals surface area (Å²) in [5, 5.41) is 3.48. The van der Waals surface area contributed by atoms with E-state index in [4.69, 9.17) is 5.73 Å². The van der Waals surface area contributed by atoms with Gasteiger partial charge in [0.2, 0.25) is 0 Å². The van der Waals surface area contributed by atoms with Crippen molar-refractivity contribution in [2.24, 2.45) is 5.73 Å². The quantitative estimate of drug-likeness (QED) is 0.761. The van der Waals surface area contributed by atoms with E-state index >= 15 is 0 Å². The monoisotopic (exact) mass is 234 g/mol. The summed E-state index contributed by atoms with van der Waals surface area (Å²) in [4.78, 5) is 0. The van der Waals surface area contributed by atoms with E-state index in [1.54, 1.807) is 0 Å². The molecule has 0 saturated heterocycles. The van der Waals surface area contributed by atoms with Crippen LogP contribution in [0.2, 0.25) is 0 Å². The predicted molar refractivity (Wildman–Crippen MR) is 75.4 cm³/mol. The summed E-state index contributed by atoms with van der Waals surface area (Å²) in [6.07, 6.45) is 2.24. The molecule has 0 heterocycles. The van der Waals surface area contributed by atoms with Crippen molar-refractivity contribution in [2.45, 2.75) is 45.6 Å². The van der Waals surface area contributed by atoms with Gasteiger partial charge in [0.25, 0.3) is 0 Å². The maximum atomic E-state index is 5.52. The molecule has 1 aromatic carbocycles. The second kappa shape index (κ2) is 7.46. The van der Waals surface area contributed by atoms with E-state index in [1.807, 2.05) is 0 Å². The zero-order valence-electron chi connectivity index (χ0n) is 11.4. The molecule has 0 aliphatic rings. The molecule has 3 N–H and O–H groups in total. The van der Waals surface area contributed by atoms with E-state index in [9.17, 15) is 0 Å². The first-order chi connectivity index (χ1) is 8.17. The highest BCUT2D eigenvalue weighted by Gasteiger charge is 2.06. The van der Waals surface area contributed by atoms with Crippen LogP contribution in [0.25, 0.3) is 0 Å². The first-order valence-electron chi connectivity index (χ1n) is 6.69. The average molecular weight is 234 g/mol. The van der Waals surface area contributed by atoms with Crippen LogP contribution < -0.4 is 11.1 Å². The van der Waals surface area contributed by atoms with Crippen LogP contribution >= 0.6 is 0 Å². The Morgan fingerprint density at radius 3 is 2.29 bits per heavy atom. The Bertz CT molecular complexity index is 303. The van der Waals surface area contributed by atoms with E-state index in [0.717, 1.165) is 19.4 Å².